The van der Waals surface area contributed by atoms with Gasteiger partial charge in [-0.1, -0.05) is 11.3 Å². The van der Waals surface area contributed by atoms with E-state index in [0.29, 0.717) is 23.1 Å². The molecule has 0 amide bonds. The number of hydrogen-bond acceptors (Lipinski definition) is 6. The second-order valence-corrected chi connectivity index (χ2v) is 7.96. The Kier molecular flexibility index (Phi) is 4.22. The Hall–Kier alpha value is -2.13. The molecule has 7 nitrogen and oxygen atoms in total. The van der Waals surface area contributed by atoms with Crippen molar-refractivity contribution in [3.63, 3.8) is 0 Å². The Morgan fingerprint density at radius 3 is 2.71 bits per heavy atom. The minimum Gasteiger partial charge on any atom is -0.494 e. The summed E-state index contributed by atoms with van der Waals surface area (Å²) in [4.78, 5) is 4.53. The molecule has 24 heavy (non-hydrogen) atoms. The summed E-state index contributed by atoms with van der Waals surface area (Å²) in [6, 6.07) is 5.49. The van der Waals surface area contributed by atoms with E-state index < -0.39 is 10.0 Å². The van der Waals surface area contributed by atoms with Crippen molar-refractivity contribution in [2.75, 3.05) is 11.3 Å². The van der Waals surface area contributed by atoms with Crippen molar-refractivity contribution < 1.29 is 13.2 Å². The first-order valence-corrected chi connectivity index (χ1v) is 9.68. The normalized spacial score (nSPS) is 11.8. The lowest BCUT2D eigenvalue weighted by Gasteiger charge is -2.05. The van der Waals surface area contributed by atoms with Crippen molar-refractivity contribution in [3.05, 3.63) is 29.6 Å². The minimum atomic E-state index is -3.74. The van der Waals surface area contributed by atoms with E-state index in [0.717, 1.165) is 16.0 Å². The molecule has 9 heteroatoms. The fourth-order valence-electron chi connectivity index (χ4n) is 2.51. The molecule has 0 atom stereocenters. The third kappa shape index (κ3) is 2.96. The number of aryl methyl sites for hydroxylation is 2. The van der Waals surface area contributed by atoms with Crippen LogP contribution in [0.15, 0.2) is 23.1 Å². The summed E-state index contributed by atoms with van der Waals surface area (Å²) in [5.41, 5.74) is 1.77. The van der Waals surface area contributed by atoms with Gasteiger partial charge in [0.15, 0.2) is 5.13 Å². The lowest BCUT2D eigenvalue weighted by Crippen LogP contribution is -2.14. The molecular weight excluding hydrogens is 348 g/mol. The van der Waals surface area contributed by atoms with E-state index in [9.17, 15) is 8.42 Å². The smallest absolute Gasteiger partial charge is 0.267 e. The van der Waals surface area contributed by atoms with E-state index in [2.05, 4.69) is 14.8 Å². The van der Waals surface area contributed by atoms with Crippen LogP contribution in [0.1, 0.15) is 18.3 Å². The van der Waals surface area contributed by atoms with E-state index in [1.807, 2.05) is 25.1 Å². The van der Waals surface area contributed by atoms with Crippen LogP contribution in [0.3, 0.4) is 0 Å². The third-order valence-electron chi connectivity index (χ3n) is 3.60. The molecule has 0 fully saturated rings. The molecule has 0 aliphatic carbocycles. The zero-order valence-electron chi connectivity index (χ0n) is 13.8. The molecule has 0 saturated heterocycles. The highest BCUT2D eigenvalue weighted by Crippen LogP contribution is 2.31. The number of benzene rings is 1. The SMILES string of the molecule is CCOc1ccc2nc(NS(=O)(=O)c3c(C)nn(C)c3C)sc2c1. The molecule has 0 bridgehead atoms. The van der Waals surface area contributed by atoms with Gasteiger partial charge >= 0.3 is 0 Å². The number of anilines is 1. The fraction of sp³-hybridized carbons (Fsp3) is 0.333. The highest BCUT2D eigenvalue weighted by atomic mass is 32.2. The lowest BCUT2D eigenvalue weighted by atomic mass is 10.3. The Balaban J connectivity index is 1.96. The summed E-state index contributed by atoms with van der Waals surface area (Å²) in [5.74, 6) is 0.738. The standard InChI is InChI=1S/C15H18N4O3S2/c1-5-22-11-6-7-12-13(8-11)23-15(16-12)18-24(20,21)14-9(2)17-19(4)10(14)3/h6-8H,5H2,1-4H3,(H,16,18). The lowest BCUT2D eigenvalue weighted by molar-refractivity contribution is 0.341. The maximum Gasteiger partial charge on any atom is 0.267 e. The number of aromatic nitrogens is 3. The quantitative estimate of drug-likeness (QED) is 0.750. The van der Waals surface area contributed by atoms with Gasteiger partial charge in [0.1, 0.15) is 10.6 Å². The Bertz CT molecular complexity index is 1010. The van der Waals surface area contributed by atoms with Crippen molar-refractivity contribution in [3.8, 4) is 5.75 Å². The van der Waals surface area contributed by atoms with Crippen molar-refractivity contribution in [1.29, 1.82) is 0 Å². The first kappa shape index (κ1) is 16.7. The van der Waals surface area contributed by atoms with E-state index in [-0.39, 0.29) is 4.90 Å². The Morgan fingerprint density at radius 2 is 2.08 bits per heavy atom. The first-order valence-electron chi connectivity index (χ1n) is 7.38. The number of ether oxygens (including phenoxy) is 1. The number of rotatable bonds is 5. The molecule has 0 spiro atoms. The molecule has 1 aromatic carbocycles. The maximum atomic E-state index is 12.7. The van der Waals surface area contributed by atoms with Crippen LogP contribution in [0, 0.1) is 13.8 Å². The maximum absolute atomic E-state index is 12.7. The molecule has 0 aliphatic heterocycles. The van der Waals surface area contributed by atoms with Crippen molar-refractivity contribution in [2.45, 2.75) is 25.7 Å². The monoisotopic (exact) mass is 366 g/mol. The Labute approximate surface area is 144 Å². The summed E-state index contributed by atoms with van der Waals surface area (Å²) in [6.07, 6.45) is 0. The van der Waals surface area contributed by atoms with Gasteiger partial charge in [-0.25, -0.2) is 13.4 Å². The van der Waals surface area contributed by atoms with Gasteiger partial charge in [-0.05, 0) is 39.0 Å². The summed E-state index contributed by atoms with van der Waals surface area (Å²) < 4.78 is 35.8. The number of nitrogens with one attached hydrogen (secondary N) is 1. The van der Waals surface area contributed by atoms with E-state index in [4.69, 9.17) is 4.74 Å². The van der Waals surface area contributed by atoms with Crippen LogP contribution in [-0.4, -0.2) is 29.8 Å². The van der Waals surface area contributed by atoms with Crippen LogP contribution in [0.5, 0.6) is 5.75 Å². The van der Waals surface area contributed by atoms with Gasteiger partial charge in [0.25, 0.3) is 10.0 Å². The van der Waals surface area contributed by atoms with Crippen LogP contribution < -0.4 is 9.46 Å². The van der Waals surface area contributed by atoms with Crippen molar-refractivity contribution in [2.24, 2.45) is 7.05 Å². The summed E-state index contributed by atoms with van der Waals surface area (Å²) in [7, 11) is -2.02. The van der Waals surface area contributed by atoms with Crippen LogP contribution in [0.4, 0.5) is 5.13 Å². The third-order valence-corrected chi connectivity index (χ3v) is 6.26. The molecule has 3 aromatic rings. The van der Waals surface area contributed by atoms with Crippen LogP contribution in [0.2, 0.25) is 0 Å². The molecule has 0 radical (unpaired) electrons. The number of thiazole rings is 1. The molecule has 0 aliphatic rings. The molecule has 128 valence electrons. The number of hydrogen-bond donors (Lipinski definition) is 1. The minimum absolute atomic E-state index is 0.194. The van der Waals surface area contributed by atoms with Crippen molar-refractivity contribution >= 4 is 36.7 Å². The molecule has 2 aromatic heterocycles. The average molecular weight is 366 g/mol. The first-order chi connectivity index (χ1) is 11.3. The summed E-state index contributed by atoms with van der Waals surface area (Å²) in [6.45, 7) is 5.88. The second kappa shape index (κ2) is 6.06. The molecule has 2 heterocycles. The van der Waals surface area contributed by atoms with E-state index in [1.165, 1.54) is 11.3 Å². The highest BCUT2D eigenvalue weighted by Gasteiger charge is 2.25. The van der Waals surface area contributed by atoms with E-state index >= 15 is 0 Å². The predicted octanol–water partition coefficient (Wildman–Crippen LogP) is 2.85. The average Bonchev–Trinajstić information content (AvgIpc) is 2.98. The molecule has 0 saturated carbocycles. The van der Waals surface area contributed by atoms with Gasteiger partial charge in [0.05, 0.1) is 28.2 Å². The zero-order chi connectivity index (χ0) is 17.5. The van der Waals surface area contributed by atoms with Gasteiger partial charge in [-0.15, -0.1) is 0 Å². The number of nitrogens with zero attached hydrogens (tertiary/aromatic N) is 3. The van der Waals surface area contributed by atoms with Crippen LogP contribution >= 0.6 is 11.3 Å². The summed E-state index contributed by atoms with van der Waals surface area (Å²) >= 11 is 1.27. The van der Waals surface area contributed by atoms with Gasteiger partial charge < -0.3 is 4.74 Å². The fourth-order valence-corrected chi connectivity index (χ4v) is 5.08. The van der Waals surface area contributed by atoms with Crippen LogP contribution in [-0.2, 0) is 17.1 Å². The number of sulfonamides is 1. The zero-order valence-corrected chi connectivity index (χ0v) is 15.5. The van der Waals surface area contributed by atoms with Gasteiger partial charge in [-0.2, -0.15) is 5.10 Å². The molecule has 3 rings (SSSR count). The van der Waals surface area contributed by atoms with Gasteiger partial charge in [0, 0.05) is 7.05 Å². The van der Waals surface area contributed by atoms with Crippen molar-refractivity contribution in [1.82, 2.24) is 14.8 Å². The molecular formula is C15H18N4O3S2. The predicted molar refractivity (Wildman–Crippen MR) is 94.3 cm³/mol. The molecule has 1 N–H and O–H groups in total. The Morgan fingerprint density at radius 1 is 1.33 bits per heavy atom. The van der Waals surface area contributed by atoms with Gasteiger partial charge in [0.2, 0.25) is 0 Å². The highest BCUT2D eigenvalue weighted by molar-refractivity contribution is 7.93. The largest absolute Gasteiger partial charge is 0.494 e. The molecule has 0 unspecified atom stereocenters. The summed E-state index contributed by atoms with van der Waals surface area (Å²) in [5, 5.41) is 4.48. The number of fused-ring (bicyclic) bond motifs is 1. The van der Waals surface area contributed by atoms with E-state index in [1.54, 1.807) is 25.6 Å². The second-order valence-electron chi connectivity index (χ2n) is 5.31. The topological polar surface area (TPSA) is 86.1 Å². The van der Waals surface area contributed by atoms with Crippen LogP contribution in [0.25, 0.3) is 10.2 Å². The van der Waals surface area contributed by atoms with Gasteiger partial charge in [-0.3, -0.25) is 9.40 Å².